The molecule has 7 heteroatoms. The number of nitrogens with zero attached hydrogens (tertiary/aromatic N) is 2. The Hall–Kier alpha value is -2.93. The van der Waals surface area contributed by atoms with Gasteiger partial charge in [0.1, 0.15) is 0 Å². The maximum atomic E-state index is 13.0. The van der Waals surface area contributed by atoms with Gasteiger partial charge in [-0.2, -0.15) is 13.2 Å². The van der Waals surface area contributed by atoms with E-state index in [0.29, 0.717) is 23.9 Å². The predicted octanol–water partition coefficient (Wildman–Crippen LogP) is 5.81. The van der Waals surface area contributed by atoms with E-state index in [2.05, 4.69) is 10.3 Å². The molecule has 29 heavy (non-hydrogen) atoms. The summed E-state index contributed by atoms with van der Waals surface area (Å²) < 4.78 is 39.0. The number of benzene rings is 2. The monoisotopic (exact) mass is 415 g/mol. The molecule has 0 saturated carbocycles. The Bertz CT molecular complexity index is 957. The van der Waals surface area contributed by atoms with Crippen LogP contribution in [-0.2, 0) is 19.3 Å². The van der Waals surface area contributed by atoms with Crippen molar-refractivity contribution < 1.29 is 13.2 Å². The van der Waals surface area contributed by atoms with Crippen molar-refractivity contribution in [2.24, 2.45) is 0 Å². The fourth-order valence-electron chi connectivity index (χ4n) is 2.80. The Kier molecular flexibility index (Phi) is 6.49. The van der Waals surface area contributed by atoms with Gasteiger partial charge >= 0.3 is 6.18 Å². The molecular weight excluding hydrogens is 395 g/mol. The molecule has 1 N–H and O–H groups in total. The molecule has 3 aromatic rings. The van der Waals surface area contributed by atoms with Crippen LogP contribution in [0.1, 0.15) is 22.3 Å². The van der Waals surface area contributed by atoms with Gasteiger partial charge in [0.25, 0.3) is 0 Å². The molecule has 3 nitrogen and oxygen atoms in total. The van der Waals surface area contributed by atoms with Gasteiger partial charge in [0.05, 0.1) is 5.56 Å². The minimum atomic E-state index is -4.41. The number of alkyl halides is 3. The van der Waals surface area contributed by atoms with Crippen LogP contribution in [0.25, 0.3) is 0 Å². The number of pyridine rings is 1. The molecule has 0 atom stereocenters. The van der Waals surface area contributed by atoms with Crippen LogP contribution in [0.15, 0.2) is 73.1 Å². The van der Waals surface area contributed by atoms with E-state index in [4.69, 9.17) is 12.2 Å². The van der Waals surface area contributed by atoms with Crippen molar-refractivity contribution in [3.63, 3.8) is 0 Å². The van der Waals surface area contributed by atoms with Crippen molar-refractivity contribution in [2.45, 2.75) is 26.2 Å². The Labute approximate surface area is 173 Å². The first-order chi connectivity index (χ1) is 13.8. The minimum Gasteiger partial charge on any atom is -0.340 e. The lowest BCUT2D eigenvalue weighted by Crippen LogP contribution is -2.34. The van der Waals surface area contributed by atoms with Crippen LogP contribution in [0.4, 0.5) is 18.9 Å². The highest BCUT2D eigenvalue weighted by Gasteiger charge is 2.30. The second-order valence-electron chi connectivity index (χ2n) is 6.71. The lowest BCUT2D eigenvalue weighted by molar-refractivity contribution is -0.137. The molecular formula is C22H20F3N3S. The van der Waals surface area contributed by atoms with Crippen LogP contribution in [-0.4, -0.2) is 15.0 Å². The SMILES string of the molecule is Cc1ccc(CN(Cc2cccnc2)C(=S)Nc2cccc(C(F)(F)F)c2)cc1. The molecule has 1 aromatic heterocycles. The summed E-state index contributed by atoms with van der Waals surface area (Å²) in [5, 5.41) is 3.28. The maximum absolute atomic E-state index is 13.0. The smallest absolute Gasteiger partial charge is 0.340 e. The molecule has 150 valence electrons. The van der Waals surface area contributed by atoms with Gasteiger partial charge < -0.3 is 10.2 Å². The molecule has 0 unspecified atom stereocenters. The van der Waals surface area contributed by atoms with E-state index in [1.54, 1.807) is 18.5 Å². The number of nitrogens with one attached hydrogen (secondary N) is 1. The van der Waals surface area contributed by atoms with Gasteiger partial charge in [0.2, 0.25) is 0 Å². The summed E-state index contributed by atoms with van der Waals surface area (Å²) in [5.74, 6) is 0. The quantitative estimate of drug-likeness (QED) is 0.533. The van der Waals surface area contributed by atoms with Gasteiger partial charge in [0, 0.05) is 31.2 Å². The fourth-order valence-corrected chi connectivity index (χ4v) is 3.05. The minimum absolute atomic E-state index is 0.296. The van der Waals surface area contributed by atoms with E-state index in [1.165, 1.54) is 6.07 Å². The Morgan fingerprint density at radius 2 is 1.72 bits per heavy atom. The van der Waals surface area contributed by atoms with Gasteiger partial charge in [0.15, 0.2) is 5.11 Å². The van der Waals surface area contributed by atoms with Crippen molar-refractivity contribution in [3.8, 4) is 0 Å². The number of aryl methyl sites for hydroxylation is 1. The molecule has 0 fully saturated rings. The third-order valence-electron chi connectivity index (χ3n) is 4.32. The summed E-state index contributed by atoms with van der Waals surface area (Å²) in [7, 11) is 0. The zero-order chi connectivity index (χ0) is 20.9. The van der Waals surface area contributed by atoms with E-state index in [1.807, 2.05) is 48.2 Å². The summed E-state index contributed by atoms with van der Waals surface area (Å²) in [5.41, 5.74) is 2.73. The van der Waals surface area contributed by atoms with Gasteiger partial charge in [-0.15, -0.1) is 0 Å². The molecule has 0 radical (unpaired) electrons. The van der Waals surface area contributed by atoms with Crippen molar-refractivity contribution in [1.82, 2.24) is 9.88 Å². The summed E-state index contributed by atoms with van der Waals surface area (Å²) in [6.07, 6.45) is -0.974. The van der Waals surface area contributed by atoms with Gasteiger partial charge in [-0.05, 0) is 54.5 Å². The topological polar surface area (TPSA) is 28.2 Å². The maximum Gasteiger partial charge on any atom is 0.416 e. The standard InChI is InChI=1S/C22H20F3N3S/c1-16-7-9-17(10-8-16)14-28(15-18-4-3-11-26-13-18)21(29)27-20-6-2-5-19(12-20)22(23,24)25/h2-13H,14-15H2,1H3,(H,27,29). The lowest BCUT2D eigenvalue weighted by atomic mass is 10.1. The molecule has 2 aromatic carbocycles. The molecule has 3 rings (SSSR count). The zero-order valence-electron chi connectivity index (χ0n) is 15.8. The molecule has 0 aliphatic carbocycles. The summed E-state index contributed by atoms with van der Waals surface area (Å²) >= 11 is 5.53. The van der Waals surface area contributed by atoms with Crippen LogP contribution in [0.2, 0.25) is 0 Å². The molecule has 0 bridgehead atoms. The van der Waals surface area contributed by atoms with Crippen molar-refractivity contribution in [1.29, 1.82) is 0 Å². The normalized spacial score (nSPS) is 11.2. The number of thiocarbonyl (C=S) groups is 1. The van der Waals surface area contributed by atoms with E-state index in [-0.39, 0.29) is 0 Å². The van der Waals surface area contributed by atoms with Crippen LogP contribution < -0.4 is 5.32 Å². The summed E-state index contributed by atoms with van der Waals surface area (Å²) in [6.45, 7) is 3.00. The average Bonchev–Trinajstić information content (AvgIpc) is 2.69. The average molecular weight is 415 g/mol. The van der Waals surface area contributed by atoms with Crippen LogP contribution in [0.5, 0.6) is 0 Å². The molecule has 0 aliphatic heterocycles. The van der Waals surface area contributed by atoms with Crippen LogP contribution in [0, 0.1) is 6.92 Å². The van der Waals surface area contributed by atoms with Gasteiger partial charge in [-0.1, -0.05) is 42.0 Å². The molecule has 1 heterocycles. The number of rotatable bonds is 5. The molecule has 0 aliphatic rings. The zero-order valence-corrected chi connectivity index (χ0v) is 16.6. The second kappa shape index (κ2) is 9.05. The number of halogens is 3. The number of hydrogen-bond acceptors (Lipinski definition) is 2. The lowest BCUT2D eigenvalue weighted by Gasteiger charge is -2.26. The largest absolute Gasteiger partial charge is 0.416 e. The van der Waals surface area contributed by atoms with E-state index in [9.17, 15) is 13.2 Å². The Balaban J connectivity index is 1.80. The fraction of sp³-hybridized carbons (Fsp3) is 0.182. The van der Waals surface area contributed by atoms with E-state index in [0.717, 1.165) is 28.8 Å². The highest BCUT2D eigenvalue weighted by atomic mass is 32.1. The first kappa shape index (κ1) is 20.8. The third-order valence-corrected chi connectivity index (χ3v) is 4.68. The second-order valence-corrected chi connectivity index (χ2v) is 7.10. The Morgan fingerprint density at radius 3 is 2.38 bits per heavy atom. The first-order valence-corrected chi connectivity index (χ1v) is 9.40. The van der Waals surface area contributed by atoms with Crippen molar-refractivity contribution >= 4 is 23.0 Å². The van der Waals surface area contributed by atoms with E-state index >= 15 is 0 Å². The highest BCUT2D eigenvalue weighted by Crippen LogP contribution is 2.30. The number of hydrogen-bond donors (Lipinski definition) is 1. The molecule has 0 spiro atoms. The van der Waals surface area contributed by atoms with Crippen molar-refractivity contribution in [2.75, 3.05) is 5.32 Å². The Morgan fingerprint density at radius 1 is 1.00 bits per heavy atom. The third kappa shape index (κ3) is 6.02. The van der Waals surface area contributed by atoms with Crippen LogP contribution >= 0.6 is 12.2 Å². The predicted molar refractivity (Wildman–Crippen MR) is 112 cm³/mol. The van der Waals surface area contributed by atoms with Crippen LogP contribution in [0.3, 0.4) is 0 Å². The van der Waals surface area contributed by atoms with Gasteiger partial charge in [-0.25, -0.2) is 0 Å². The highest BCUT2D eigenvalue weighted by molar-refractivity contribution is 7.80. The van der Waals surface area contributed by atoms with Crippen molar-refractivity contribution in [3.05, 3.63) is 95.3 Å². The summed E-state index contributed by atoms with van der Waals surface area (Å²) in [6, 6.07) is 16.8. The summed E-state index contributed by atoms with van der Waals surface area (Å²) in [4.78, 5) is 6.02. The van der Waals surface area contributed by atoms with E-state index < -0.39 is 11.7 Å². The molecule has 0 amide bonds. The number of anilines is 1. The van der Waals surface area contributed by atoms with Gasteiger partial charge in [-0.3, -0.25) is 4.98 Å². The molecule has 0 saturated heterocycles. The first-order valence-electron chi connectivity index (χ1n) is 8.99. The number of aromatic nitrogens is 1.